The van der Waals surface area contributed by atoms with Crippen LogP contribution in [0.1, 0.15) is 30.9 Å². The van der Waals surface area contributed by atoms with Crippen molar-refractivity contribution in [2.75, 3.05) is 0 Å². The molecular formula is C15H16N2. The molecule has 86 valence electrons. The van der Waals surface area contributed by atoms with Gasteiger partial charge in [-0.25, -0.2) is 0 Å². The number of hydrogen-bond donors (Lipinski definition) is 1. The van der Waals surface area contributed by atoms with E-state index in [4.69, 9.17) is 12.2 Å². The molecule has 0 fully saturated rings. The van der Waals surface area contributed by atoms with Gasteiger partial charge in [0.15, 0.2) is 0 Å². The molecule has 2 N–H and O–H groups in total. The zero-order valence-corrected chi connectivity index (χ0v) is 9.76. The number of nitrogens with two attached hydrogens (primary N) is 1. The fraction of sp³-hybridized carbons (Fsp3) is 0.267. The first-order chi connectivity index (χ1) is 8.33. The van der Waals surface area contributed by atoms with Gasteiger partial charge < -0.3 is 5.73 Å². The molecule has 0 saturated heterocycles. The maximum absolute atomic E-state index is 6.21. The van der Waals surface area contributed by atoms with Gasteiger partial charge in [-0.05, 0) is 30.5 Å². The summed E-state index contributed by atoms with van der Waals surface area (Å²) in [4.78, 5) is 4.33. The second kappa shape index (κ2) is 5.47. The van der Waals surface area contributed by atoms with Gasteiger partial charge in [-0.3, -0.25) is 4.98 Å². The zero-order chi connectivity index (χ0) is 12.1. The number of rotatable bonds is 4. The molecule has 17 heavy (non-hydrogen) atoms. The van der Waals surface area contributed by atoms with Crippen LogP contribution in [0.4, 0.5) is 0 Å². The number of nitrogens with zero attached hydrogens (tertiary/aromatic N) is 1. The Morgan fingerprint density at radius 1 is 1.29 bits per heavy atom. The molecule has 1 aromatic carbocycles. The molecule has 0 bridgehead atoms. The SMILES string of the molecule is C#CCCCC(N)c1cccc2ncccc12. The van der Waals surface area contributed by atoms with Crippen LogP contribution in [-0.2, 0) is 0 Å². The molecule has 0 aliphatic carbocycles. The van der Waals surface area contributed by atoms with Crippen LogP contribution in [0.15, 0.2) is 36.5 Å². The third-order valence-electron chi connectivity index (χ3n) is 2.92. The van der Waals surface area contributed by atoms with E-state index in [0.29, 0.717) is 0 Å². The van der Waals surface area contributed by atoms with Gasteiger partial charge in [0.05, 0.1) is 5.52 Å². The van der Waals surface area contributed by atoms with E-state index in [1.54, 1.807) is 6.20 Å². The Hall–Kier alpha value is -1.85. The molecule has 1 atom stereocenters. The summed E-state index contributed by atoms with van der Waals surface area (Å²) in [5.74, 6) is 2.64. The lowest BCUT2D eigenvalue weighted by Crippen LogP contribution is -2.10. The lowest BCUT2D eigenvalue weighted by atomic mass is 9.98. The van der Waals surface area contributed by atoms with Crippen LogP contribution >= 0.6 is 0 Å². The van der Waals surface area contributed by atoms with E-state index in [1.165, 1.54) is 0 Å². The number of aromatic nitrogens is 1. The maximum Gasteiger partial charge on any atom is 0.0705 e. The number of unbranched alkanes of at least 4 members (excludes halogenated alkanes) is 1. The highest BCUT2D eigenvalue weighted by atomic mass is 14.7. The van der Waals surface area contributed by atoms with Gasteiger partial charge in [0.25, 0.3) is 0 Å². The van der Waals surface area contributed by atoms with Gasteiger partial charge >= 0.3 is 0 Å². The highest BCUT2D eigenvalue weighted by Gasteiger charge is 2.09. The highest BCUT2D eigenvalue weighted by molar-refractivity contribution is 5.82. The predicted octanol–water partition coefficient (Wildman–Crippen LogP) is 3.04. The van der Waals surface area contributed by atoms with E-state index in [1.807, 2.05) is 18.2 Å². The van der Waals surface area contributed by atoms with Crippen molar-refractivity contribution in [1.29, 1.82) is 0 Å². The largest absolute Gasteiger partial charge is 0.324 e. The molecule has 2 nitrogen and oxygen atoms in total. The van der Waals surface area contributed by atoms with Crippen molar-refractivity contribution in [2.45, 2.75) is 25.3 Å². The zero-order valence-electron chi connectivity index (χ0n) is 9.76. The number of fused-ring (bicyclic) bond motifs is 1. The molecular weight excluding hydrogens is 208 g/mol. The van der Waals surface area contributed by atoms with E-state index in [0.717, 1.165) is 35.7 Å². The summed E-state index contributed by atoms with van der Waals surface area (Å²) in [6.07, 6.45) is 9.71. The Bertz CT molecular complexity index is 535. The first kappa shape index (κ1) is 11.6. The average molecular weight is 224 g/mol. The number of benzene rings is 1. The van der Waals surface area contributed by atoms with E-state index >= 15 is 0 Å². The summed E-state index contributed by atoms with van der Waals surface area (Å²) in [6.45, 7) is 0. The van der Waals surface area contributed by atoms with Gasteiger partial charge in [0, 0.05) is 24.0 Å². The van der Waals surface area contributed by atoms with Crippen LogP contribution in [-0.4, -0.2) is 4.98 Å². The monoisotopic (exact) mass is 224 g/mol. The smallest absolute Gasteiger partial charge is 0.0705 e. The van der Waals surface area contributed by atoms with E-state index in [2.05, 4.69) is 23.0 Å². The van der Waals surface area contributed by atoms with Gasteiger partial charge in [-0.2, -0.15) is 0 Å². The highest BCUT2D eigenvalue weighted by Crippen LogP contribution is 2.24. The molecule has 0 aliphatic heterocycles. The average Bonchev–Trinajstić information content (AvgIpc) is 2.38. The van der Waals surface area contributed by atoms with Crippen molar-refractivity contribution in [2.24, 2.45) is 5.73 Å². The van der Waals surface area contributed by atoms with Crippen molar-refractivity contribution >= 4 is 10.9 Å². The normalized spacial score (nSPS) is 12.2. The fourth-order valence-corrected chi connectivity index (χ4v) is 2.03. The molecule has 1 heterocycles. The van der Waals surface area contributed by atoms with Crippen LogP contribution in [0.2, 0.25) is 0 Å². The molecule has 1 unspecified atom stereocenters. The third-order valence-corrected chi connectivity index (χ3v) is 2.92. The van der Waals surface area contributed by atoms with Gasteiger partial charge in [-0.15, -0.1) is 12.3 Å². The molecule has 0 aliphatic rings. The fourth-order valence-electron chi connectivity index (χ4n) is 2.03. The molecule has 2 rings (SSSR count). The first-order valence-electron chi connectivity index (χ1n) is 5.85. The number of hydrogen-bond acceptors (Lipinski definition) is 2. The Morgan fingerprint density at radius 3 is 3.00 bits per heavy atom. The minimum Gasteiger partial charge on any atom is -0.324 e. The second-order valence-corrected chi connectivity index (χ2v) is 4.12. The lowest BCUT2D eigenvalue weighted by molar-refractivity contribution is 0.625. The molecule has 0 amide bonds. The van der Waals surface area contributed by atoms with Crippen LogP contribution in [0, 0.1) is 12.3 Å². The summed E-state index contributed by atoms with van der Waals surface area (Å²) in [6, 6.07) is 10.1. The molecule has 0 saturated carbocycles. The predicted molar refractivity (Wildman–Crippen MR) is 71.4 cm³/mol. The summed E-state index contributed by atoms with van der Waals surface area (Å²) >= 11 is 0. The van der Waals surface area contributed by atoms with Gasteiger partial charge in [0.1, 0.15) is 0 Å². The van der Waals surface area contributed by atoms with Crippen molar-refractivity contribution < 1.29 is 0 Å². The minimum absolute atomic E-state index is 0.0382. The van der Waals surface area contributed by atoms with Crippen molar-refractivity contribution in [1.82, 2.24) is 4.98 Å². The third kappa shape index (κ3) is 2.64. The van der Waals surface area contributed by atoms with Gasteiger partial charge in [0.2, 0.25) is 0 Å². The van der Waals surface area contributed by atoms with Crippen LogP contribution in [0.5, 0.6) is 0 Å². The molecule has 2 aromatic rings. The Morgan fingerprint density at radius 2 is 2.18 bits per heavy atom. The van der Waals surface area contributed by atoms with E-state index in [9.17, 15) is 0 Å². The van der Waals surface area contributed by atoms with Crippen LogP contribution < -0.4 is 5.73 Å². The minimum atomic E-state index is 0.0382. The van der Waals surface area contributed by atoms with E-state index in [-0.39, 0.29) is 6.04 Å². The summed E-state index contributed by atoms with van der Waals surface area (Å²) < 4.78 is 0. The maximum atomic E-state index is 6.21. The standard InChI is InChI=1S/C15H16N2/c1-2-3-4-9-14(16)12-7-5-10-15-13(12)8-6-11-17-15/h1,5-8,10-11,14H,3-4,9,16H2. The second-order valence-electron chi connectivity index (χ2n) is 4.12. The van der Waals surface area contributed by atoms with E-state index < -0.39 is 0 Å². The Balaban J connectivity index is 2.26. The molecule has 0 radical (unpaired) electrons. The van der Waals surface area contributed by atoms with Gasteiger partial charge in [-0.1, -0.05) is 18.2 Å². The summed E-state index contributed by atoms with van der Waals surface area (Å²) in [7, 11) is 0. The van der Waals surface area contributed by atoms with Crippen LogP contribution in [0.3, 0.4) is 0 Å². The lowest BCUT2D eigenvalue weighted by Gasteiger charge is -2.13. The Labute approximate surface area is 102 Å². The molecule has 1 aromatic heterocycles. The number of terminal acetylenes is 1. The summed E-state index contributed by atoms with van der Waals surface area (Å²) in [5.41, 5.74) is 8.36. The quantitative estimate of drug-likeness (QED) is 0.640. The van der Waals surface area contributed by atoms with Crippen molar-refractivity contribution in [3.05, 3.63) is 42.1 Å². The van der Waals surface area contributed by atoms with Crippen molar-refractivity contribution in [3.63, 3.8) is 0 Å². The Kier molecular flexibility index (Phi) is 3.74. The first-order valence-corrected chi connectivity index (χ1v) is 5.85. The van der Waals surface area contributed by atoms with Crippen molar-refractivity contribution in [3.8, 4) is 12.3 Å². The number of pyridine rings is 1. The summed E-state index contributed by atoms with van der Waals surface area (Å²) in [5, 5.41) is 1.14. The molecule has 0 spiro atoms. The molecule has 2 heteroatoms. The van der Waals surface area contributed by atoms with Crippen LogP contribution in [0.25, 0.3) is 10.9 Å². The topological polar surface area (TPSA) is 38.9 Å².